The van der Waals surface area contributed by atoms with Gasteiger partial charge in [0.05, 0.1) is 0 Å². The van der Waals surface area contributed by atoms with E-state index in [2.05, 4.69) is 0 Å². The number of hydrogen-bond acceptors (Lipinski definition) is 3. The lowest BCUT2D eigenvalue weighted by Crippen LogP contribution is -2.10. The van der Waals surface area contributed by atoms with Crippen molar-refractivity contribution in [3.8, 4) is 11.5 Å². The molecule has 2 N–H and O–H groups in total. The van der Waals surface area contributed by atoms with Crippen molar-refractivity contribution in [2.45, 2.75) is 13.2 Å². The highest BCUT2D eigenvalue weighted by Gasteiger charge is 2.01. The van der Waals surface area contributed by atoms with Crippen molar-refractivity contribution in [1.29, 1.82) is 0 Å². The molecular weight excluding hydrogens is 314 g/mol. The van der Waals surface area contributed by atoms with Gasteiger partial charge in [-0.25, -0.2) is 0 Å². The summed E-state index contributed by atoms with van der Waals surface area (Å²) in [6, 6.07) is 24.6. The lowest BCUT2D eigenvalue weighted by Gasteiger charge is -2.09. The summed E-state index contributed by atoms with van der Waals surface area (Å²) in [5.41, 5.74) is 7.81. The lowest BCUT2D eigenvalue weighted by atomic mass is 10.1. The molecule has 1 amide bonds. The quantitative estimate of drug-likeness (QED) is 0.712. The van der Waals surface area contributed by atoms with Crippen LogP contribution in [0.5, 0.6) is 11.5 Å². The van der Waals surface area contributed by atoms with Crippen LogP contribution in [0.1, 0.15) is 21.5 Å². The van der Waals surface area contributed by atoms with Gasteiger partial charge in [0.25, 0.3) is 0 Å². The maximum Gasteiger partial charge on any atom is 0.248 e. The largest absolute Gasteiger partial charge is 0.489 e. The van der Waals surface area contributed by atoms with E-state index in [9.17, 15) is 4.79 Å². The van der Waals surface area contributed by atoms with Gasteiger partial charge >= 0.3 is 0 Å². The number of ether oxygens (including phenoxy) is 2. The topological polar surface area (TPSA) is 61.6 Å². The summed E-state index contributed by atoms with van der Waals surface area (Å²) in [4.78, 5) is 11.0. The van der Waals surface area contributed by atoms with Crippen LogP contribution in [0.25, 0.3) is 0 Å². The van der Waals surface area contributed by atoms with Gasteiger partial charge in [0.15, 0.2) is 0 Å². The van der Waals surface area contributed by atoms with Gasteiger partial charge in [0.1, 0.15) is 24.7 Å². The predicted octanol–water partition coefficient (Wildman–Crippen LogP) is 3.94. The Morgan fingerprint density at radius 3 is 1.64 bits per heavy atom. The second-order valence-corrected chi connectivity index (χ2v) is 5.60. The Balaban J connectivity index is 1.51. The molecule has 0 saturated carbocycles. The van der Waals surface area contributed by atoms with E-state index in [1.807, 2.05) is 66.7 Å². The second kappa shape index (κ2) is 8.02. The molecule has 126 valence electrons. The van der Waals surface area contributed by atoms with Crippen molar-refractivity contribution >= 4 is 5.91 Å². The molecule has 4 nitrogen and oxygen atoms in total. The van der Waals surface area contributed by atoms with Crippen LogP contribution >= 0.6 is 0 Å². The maximum atomic E-state index is 11.0. The van der Waals surface area contributed by atoms with Crippen LogP contribution in [-0.4, -0.2) is 5.91 Å². The first kappa shape index (κ1) is 16.6. The van der Waals surface area contributed by atoms with Crippen molar-refractivity contribution in [3.63, 3.8) is 0 Å². The number of nitrogens with two attached hydrogens (primary N) is 1. The fraction of sp³-hybridized carbons (Fsp3) is 0.0952. The Hall–Kier alpha value is -3.27. The zero-order valence-corrected chi connectivity index (χ0v) is 13.7. The molecule has 3 rings (SSSR count). The number of hydrogen-bond donors (Lipinski definition) is 1. The first-order chi connectivity index (χ1) is 12.2. The lowest BCUT2D eigenvalue weighted by molar-refractivity contribution is 0.1000. The highest BCUT2D eigenvalue weighted by Crippen LogP contribution is 2.19. The van der Waals surface area contributed by atoms with E-state index in [1.165, 1.54) is 0 Å². The molecule has 4 heteroatoms. The van der Waals surface area contributed by atoms with Crippen molar-refractivity contribution in [1.82, 2.24) is 0 Å². The summed E-state index contributed by atoms with van der Waals surface area (Å²) >= 11 is 0. The summed E-state index contributed by atoms with van der Waals surface area (Å²) in [6.45, 7) is 0.955. The molecule has 25 heavy (non-hydrogen) atoms. The average Bonchev–Trinajstić information content (AvgIpc) is 2.67. The Kier molecular flexibility index (Phi) is 5.32. The van der Waals surface area contributed by atoms with E-state index in [-0.39, 0.29) is 0 Å². The van der Waals surface area contributed by atoms with Crippen LogP contribution in [0.15, 0.2) is 78.9 Å². The van der Waals surface area contributed by atoms with Crippen molar-refractivity contribution in [3.05, 3.63) is 95.6 Å². The molecular formula is C21H19NO3. The third-order valence-electron chi connectivity index (χ3n) is 3.72. The van der Waals surface area contributed by atoms with Gasteiger partial charge in [0, 0.05) is 5.56 Å². The van der Waals surface area contributed by atoms with Gasteiger partial charge in [-0.2, -0.15) is 0 Å². The molecule has 0 fully saturated rings. The molecule has 0 bridgehead atoms. The van der Waals surface area contributed by atoms with Crippen LogP contribution in [0.4, 0.5) is 0 Å². The molecule has 0 spiro atoms. The SMILES string of the molecule is NC(=O)c1ccc(COc2ccc(OCc3ccccc3)cc2)cc1. The van der Waals surface area contributed by atoms with E-state index < -0.39 is 5.91 Å². The van der Waals surface area contributed by atoms with Crippen LogP contribution < -0.4 is 15.2 Å². The Bertz CT molecular complexity index is 812. The molecule has 0 aromatic heterocycles. The van der Waals surface area contributed by atoms with Gasteiger partial charge in [-0.05, 0) is 47.5 Å². The molecule has 0 heterocycles. The van der Waals surface area contributed by atoms with Gasteiger partial charge < -0.3 is 15.2 Å². The van der Waals surface area contributed by atoms with Crippen LogP contribution in [0.2, 0.25) is 0 Å². The first-order valence-corrected chi connectivity index (χ1v) is 7.99. The highest BCUT2D eigenvalue weighted by atomic mass is 16.5. The summed E-state index contributed by atoms with van der Waals surface area (Å²) in [7, 11) is 0. The van der Waals surface area contributed by atoms with E-state index >= 15 is 0 Å². The highest BCUT2D eigenvalue weighted by molar-refractivity contribution is 5.92. The van der Waals surface area contributed by atoms with Crippen LogP contribution in [0, 0.1) is 0 Å². The van der Waals surface area contributed by atoms with Crippen LogP contribution in [-0.2, 0) is 13.2 Å². The summed E-state index contributed by atoms with van der Waals surface area (Å²) in [5.74, 6) is 1.12. The number of carbonyl (C=O) groups is 1. The molecule has 3 aromatic rings. The average molecular weight is 333 g/mol. The molecule has 0 radical (unpaired) electrons. The fourth-order valence-electron chi connectivity index (χ4n) is 2.30. The molecule has 3 aromatic carbocycles. The number of rotatable bonds is 7. The minimum absolute atomic E-state index is 0.420. The number of benzene rings is 3. The van der Waals surface area contributed by atoms with Gasteiger partial charge in [-0.15, -0.1) is 0 Å². The van der Waals surface area contributed by atoms with Gasteiger partial charge in [-0.3, -0.25) is 4.79 Å². The van der Waals surface area contributed by atoms with E-state index in [0.717, 1.165) is 22.6 Å². The molecule has 0 saturated heterocycles. The van der Waals surface area contributed by atoms with Crippen molar-refractivity contribution in [2.24, 2.45) is 5.73 Å². The predicted molar refractivity (Wildman–Crippen MR) is 96.5 cm³/mol. The smallest absolute Gasteiger partial charge is 0.248 e. The zero-order chi connectivity index (χ0) is 17.5. The number of primary amides is 1. The summed E-state index contributed by atoms with van der Waals surface area (Å²) in [6.07, 6.45) is 0. The third kappa shape index (κ3) is 4.85. The van der Waals surface area contributed by atoms with Gasteiger partial charge in [-0.1, -0.05) is 42.5 Å². The van der Waals surface area contributed by atoms with Gasteiger partial charge in [0.2, 0.25) is 5.91 Å². The zero-order valence-electron chi connectivity index (χ0n) is 13.7. The summed E-state index contributed by atoms with van der Waals surface area (Å²) < 4.78 is 11.5. The molecule has 0 unspecified atom stereocenters. The van der Waals surface area contributed by atoms with Crippen molar-refractivity contribution < 1.29 is 14.3 Å². The molecule has 0 aliphatic rings. The third-order valence-corrected chi connectivity index (χ3v) is 3.72. The Morgan fingerprint density at radius 1 is 0.680 bits per heavy atom. The Morgan fingerprint density at radius 2 is 1.16 bits per heavy atom. The first-order valence-electron chi connectivity index (χ1n) is 7.99. The van der Waals surface area contributed by atoms with E-state index in [0.29, 0.717) is 18.8 Å². The number of amides is 1. The minimum Gasteiger partial charge on any atom is -0.489 e. The molecule has 0 aliphatic heterocycles. The fourth-order valence-corrected chi connectivity index (χ4v) is 2.30. The van der Waals surface area contributed by atoms with Crippen LogP contribution in [0.3, 0.4) is 0 Å². The van der Waals surface area contributed by atoms with Crippen molar-refractivity contribution in [2.75, 3.05) is 0 Å². The second-order valence-electron chi connectivity index (χ2n) is 5.60. The van der Waals surface area contributed by atoms with E-state index in [4.69, 9.17) is 15.2 Å². The maximum absolute atomic E-state index is 11.0. The van der Waals surface area contributed by atoms with E-state index in [1.54, 1.807) is 12.1 Å². The number of carbonyl (C=O) groups excluding carboxylic acids is 1. The monoisotopic (exact) mass is 333 g/mol. The Labute approximate surface area is 146 Å². The molecule has 0 atom stereocenters. The normalized spacial score (nSPS) is 10.2. The standard InChI is InChI=1S/C21H19NO3/c22-21(23)18-8-6-17(7-9-18)15-25-20-12-10-19(11-13-20)24-14-16-4-2-1-3-5-16/h1-13H,14-15H2,(H2,22,23). The molecule has 0 aliphatic carbocycles. The minimum atomic E-state index is -0.432. The summed E-state index contributed by atoms with van der Waals surface area (Å²) in [5, 5.41) is 0.